The van der Waals surface area contributed by atoms with Crippen LogP contribution in [-0.4, -0.2) is 0 Å². The predicted octanol–water partition coefficient (Wildman–Crippen LogP) is 3.28. The number of hydrogen-bond acceptors (Lipinski definition) is 2. The zero-order valence-corrected chi connectivity index (χ0v) is 7.55. The van der Waals surface area contributed by atoms with E-state index in [1.165, 1.54) is 17.4 Å². The van der Waals surface area contributed by atoms with Crippen molar-refractivity contribution in [2.45, 2.75) is 0 Å². The number of benzene rings is 1. The van der Waals surface area contributed by atoms with Crippen molar-refractivity contribution in [3.8, 4) is 0 Å². The lowest BCUT2D eigenvalue weighted by molar-refractivity contribution is 0.640. The highest BCUT2D eigenvalue weighted by Crippen LogP contribution is 2.32. The van der Waals surface area contributed by atoms with E-state index in [2.05, 4.69) is 0 Å². The quantitative estimate of drug-likeness (QED) is 0.696. The smallest absolute Gasteiger partial charge is 0.150 e. The van der Waals surface area contributed by atoms with Gasteiger partial charge in [-0.05, 0) is 18.2 Å². The highest BCUT2D eigenvalue weighted by Gasteiger charge is 2.07. The number of halogens is 2. The number of anilines is 1. The molecule has 0 radical (unpaired) electrons. The Morgan fingerprint density at radius 1 is 1.42 bits per heavy atom. The summed E-state index contributed by atoms with van der Waals surface area (Å²) in [5, 5.41) is 1.25. The molecule has 1 aromatic carbocycles. The maximum absolute atomic E-state index is 13.2. The van der Waals surface area contributed by atoms with Crippen LogP contribution in [0, 0.1) is 5.82 Å². The molecule has 2 N–H and O–H groups in total. The van der Waals surface area contributed by atoms with E-state index < -0.39 is 0 Å². The summed E-state index contributed by atoms with van der Waals surface area (Å²) in [6.45, 7) is 0. The van der Waals surface area contributed by atoms with Gasteiger partial charge in [-0.1, -0.05) is 11.6 Å². The second kappa shape index (κ2) is 2.61. The van der Waals surface area contributed by atoms with Crippen LogP contribution in [0.5, 0.6) is 0 Å². The van der Waals surface area contributed by atoms with Crippen LogP contribution in [0.4, 0.5) is 9.39 Å². The summed E-state index contributed by atoms with van der Waals surface area (Å²) in [4.78, 5) is 0. The molecule has 0 unspecified atom stereocenters. The predicted molar refractivity (Wildman–Crippen MR) is 51.2 cm³/mol. The fraction of sp³-hybridized carbons (Fsp3) is 0. The molecule has 0 saturated carbocycles. The topological polar surface area (TPSA) is 26.0 Å². The van der Waals surface area contributed by atoms with E-state index in [1.807, 2.05) is 0 Å². The molecule has 1 aromatic heterocycles. The van der Waals surface area contributed by atoms with Crippen molar-refractivity contribution in [3.05, 3.63) is 29.0 Å². The Kier molecular flexibility index (Phi) is 1.70. The second-order valence-electron chi connectivity index (χ2n) is 2.42. The van der Waals surface area contributed by atoms with Crippen molar-refractivity contribution in [2.75, 3.05) is 5.73 Å². The number of thiophene rings is 1. The number of hydrogen-bond donors (Lipinski definition) is 1. The van der Waals surface area contributed by atoms with Gasteiger partial charge in [0.25, 0.3) is 0 Å². The molecule has 12 heavy (non-hydrogen) atoms. The lowest BCUT2D eigenvalue weighted by Gasteiger charge is -1.93. The SMILES string of the molecule is Nc1cc2c(F)c(Cl)ccc2s1. The van der Waals surface area contributed by atoms with Gasteiger partial charge in [0.1, 0.15) is 0 Å². The van der Waals surface area contributed by atoms with Crippen LogP contribution in [-0.2, 0) is 0 Å². The summed E-state index contributed by atoms with van der Waals surface area (Å²) in [5.74, 6) is -0.387. The highest BCUT2D eigenvalue weighted by molar-refractivity contribution is 7.22. The number of nitrogens with two attached hydrogens (primary N) is 1. The van der Waals surface area contributed by atoms with Gasteiger partial charge in [0.05, 0.1) is 10.0 Å². The molecule has 4 heteroatoms. The minimum absolute atomic E-state index is 0.139. The summed E-state index contributed by atoms with van der Waals surface area (Å²) < 4.78 is 14.1. The molecule has 0 fully saturated rings. The summed E-state index contributed by atoms with van der Waals surface area (Å²) in [6.07, 6.45) is 0. The maximum Gasteiger partial charge on any atom is 0.150 e. The van der Waals surface area contributed by atoms with E-state index in [0.717, 1.165) is 4.70 Å². The van der Waals surface area contributed by atoms with Gasteiger partial charge in [-0.2, -0.15) is 0 Å². The van der Waals surface area contributed by atoms with Crippen molar-refractivity contribution in [1.29, 1.82) is 0 Å². The van der Waals surface area contributed by atoms with E-state index >= 15 is 0 Å². The molecular weight excluding hydrogens is 197 g/mol. The molecule has 2 aromatic rings. The molecule has 62 valence electrons. The normalized spacial score (nSPS) is 10.8. The molecule has 0 aliphatic heterocycles. The molecule has 0 saturated heterocycles. The van der Waals surface area contributed by atoms with Gasteiger partial charge in [-0.15, -0.1) is 11.3 Å². The third-order valence-corrected chi connectivity index (χ3v) is 2.83. The van der Waals surface area contributed by atoms with Crippen molar-refractivity contribution in [2.24, 2.45) is 0 Å². The minimum Gasteiger partial charge on any atom is -0.391 e. The summed E-state index contributed by atoms with van der Waals surface area (Å²) in [7, 11) is 0. The molecule has 0 atom stereocenters. The highest BCUT2D eigenvalue weighted by atomic mass is 35.5. The Hall–Kier alpha value is -0.800. The van der Waals surface area contributed by atoms with Gasteiger partial charge in [0.15, 0.2) is 5.82 Å². The third kappa shape index (κ3) is 1.06. The average molecular weight is 202 g/mol. The zero-order valence-electron chi connectivity index (χ0n) is 5.97. The molecule has 0 aliphatic carbocycles. The summed E-state index contributed by atoms with van der Waals surface area (Å²) in [6, 6.07) is 4.90. The zero-order chi connectivity index (χ0) is 8.72. The first-order chi connectivity index (χ1) is 5.68. The van der Waals surface area contributed by atoms with Crippen LogP contribution in [0.25, 0.3) is 10.1 Å². The van der Waals surface area contributed by atoms with Crippen LogP contribution in [0.15, 0.2) is 18.2 Å². The number of fused-ring (bicyclic) bond motifs is 1. The Morgan fingerprint density at radius 2 is 2.17 bits per heavy atom. The largest absolute Gasteiger partial charge is 0.391 e. The first kappa shape index (κ1) is 7.83. The molecule has 1 nitrogen and oxygen atoms in total. The van der Waals surface area contributed by atoms with Crippen molar-refractivity contribution < 1.29 is 4.39 Å². The number of nitrogen functional groups attached to an aromatic ring is 1. The lowest BCUT2D eigenvalue weighted by atomic mass is 10.2. The molecule has 0 spiro atoms. The van der Waals surface area contributed by atoms with Crippen molar-refractivity contribution in [3.63, 3.8) is 0 Å². The minimum atomic E-state index is -0.387. The van der Waals surface area contributed by atoms with Gasteiger partial charge in [0, 0.05) is 10.1 Å². The molecule has 0 bridgehead atoms. The van der Waals surface area contributed by atoms with Crippen molar-refractivity contribution >= 4 is 38.0 Å². The van der Waals surface area contributed by atoms with Crippen LogP contribution >= 0.6 is 22.9 Å². The second-order valence-corrected chi connectivity index (χ2v) is 3.94. The molecule has 0 aliphatic rings. The average Bonchev–Trinajstić information content (AvgIpc) is 2.39. The van der Waals surface area contributed by atoms with Crippen LogP contribution in [0.1, 0.15) is 0 Å². The number of rotatable bonds is 0. The van der Waals surface area contributed by atoms with E-state index in [-0.39, 0.29) is 10.8 Å². The van der Waals surface area contributed by atoms with Gasteiger partial charge >= 0.3 is 0 Å². The Bertz CT molecular complexity index is 438. The Morgan fingerprint density at radius 3 is 2.92 bits per heavy atom. The van der Waals surface area contributed by atoms with E-state index in [9.17, 15) is 4.39 Å². The van der Waals surface area contributed by atoms with Crippen LogP contribution in [0.3, 0.4) is 0 Å². The fourth-order valence-electron chi connectivity index (χ4n) is 1.07. The van der Waals surface area contributed by atoms with Gasteiger partial charge in [0.2, 0.25) is 0 Å². The first-order valence-corrected chi connectivity index (χ1v) is 4.51. The molecular formula is C8H5ClFNS. The van der Waals surface area contributed by atoms with E-state index in [1.54, 1.807) is 12.1 Å². The standard InChI is InChI=1S/C8H5ClFNS/c9-5-1-2-6-4(8(5)10)3-7(11)12-6/h1-3H,11H2. The van der Waals surface area contributed by atoms with Crippen molar-refractivity contribution in [1.82, 2.24) is 0 Å². The lowest BCUT2D eigenvalue weighted by Crippen LogP contribution is -1.76. The Balaban J connectivity index is 2.89. The summed E-state index contributed by atoms with van der Waals surface area (Å²) in [5.41, 5.74) is 5.52. The van der Waals surface area contributed by atoms with Gasteiger partial charge in [-0.3, -0.25) is 0 Å². The molecule has 0 amide bonds. The van der Waals surface area contributed by atoms with Crippen LogP contribution in [0.2, 0.25) is 5.02 Å². The third-order valence-electron chi connectivity index (χ3n) is 1.61. The molecule has 1 heterocycles. The van der Waals surface area contributed by atoms with Gasteiger partial charge in [-0.25, -0.2) is 4.39 Å². The monoisotopic (exact) mass is 201 g/mol. The maximum atomic E-state index is 13.2. The Labute approximate surface area is 77.6 Å². The van der Waals surface area contributed by atoms with Gasteiger partial charge < -0.3 is 5.73 Å². The summed E-state index contributed by atoms with van der Waals surface area (Å²) >= 11 is 6.94. The first-order valence-electron chi connectivity index (χ1n) is 3.31. The van der Waals surface area contributed by atoms with E-state index in [4.69, 9.17) is 17.3 Å². The molecule has 2 rings (SSSR count). The fourth-order valence-corrected chi connectivity index (χ4v) is 2.06. The van der Waals surface area contributed by atoms with E-state index in [0.29, 0.717) is 10.4 Å². The van der Waals surface area contributed by atoms with Crippen LogP contribution < -0.4 is 5.73 Å².